The van der Waals surface area contributed by atoms with Crippen LogP contribution in [0.15, 0.2) is 47.6 Å². The van der Waals surface area contributed by atoms with Crippen molar-refractivity contribution in [2.75, 3.05) is 25.3 Å². The number of benzene rings is 2. The first-order chi connectivity index (χ1) is 17.9. The SMILES string of the molecule is CCc1cccc(C)c1NC(=O)CSc1nnc(CNC(=O)C=Cc2ccc(OC)c(OC)c2)n1CC. The van der Waals surface area contributed by atoms with Crippen LogP contribution in [0.3, 0.4) is 0 Å². The fourth-order valence-electron chi connectivity index (χ4n) is 3.74. The minimum Gasteiger partial charge on any atom is -0.493 e. The Hall–Kier alpha value is -3.79. The number of hydrogen-bond acceptors (Lipinski definition) is 7. The van der Waals surface area contributed by atoms with E-state index in [1.54, 1.807) is 32.4 Å². The zero-order chi connectivity index (χ0) is 26.8. The molecular formula is C27H33N5O4S. The molecule has 3 rings (SSSR count). The summed E-state index contributed by atoms with van der Waals surface area (Å²) in [6, 6.07) is 11.4. The number of nitrogens with one attached hydrogen (secondary N) is 2. The summed E-state index contributed by atoms with van der Waals surface area (Å²) in [5, 5.41) is 14.9. The van der Waals surface area contributed by atoms with Crippen molar-refractivity contribution in [3.63, 3.8) is 0 Å². The quantitative estimate of drug-likeness (QED) is 0.270. The molecule has 1 aromatic heterocycles. The van der Waals surface area contributed by atoms with Crippen molar-refractivity contribution in [2.45, 2.75) is 45.4 Å². The van der Waals surface area contributed by atoms with Gasteiger partial charge in [0.15, 0.2) is 22.5 Å². The summed E-state index contributed by atoms with van der Waals surface area (Å²) in [7, 11) is 3.13. The molecule has 0 unspecified atom stereocenters. The van der Waals surface area contributed by atoms with Gasteiger partial charge in [-0.05, 0) is 55.2 Å². The van der Waals surface area contributed by atoms with Gasteiger partial charge in [-0.1, -0.05) is 43.0 Å². The number of hydrogen-bond donors (Lipinski definition) is 2. The largest absolute Gasteiger partial charge is 0.493 e. The van der Waals surface area contributed by atoms with E-state index in [9.17, 15) is 9.59 Å². The third-order valence-electron chi connectivity index (χ3n) is 5.70. The van der Waals surface area contributed by atoms with Gasteiger partial charge in [-0.3, -0.25) is 9.59 Å². The van der Waals surface area contributed by atoms with Gasteiger partial charge in [0.05, 0.1) is 26.5 Å². The summed E-state index contributed by atoms with van der Waals surface area (Å²) in [5.74, 6) is 1.66. The molecule has 2 amide bonds. The zero-order valence-electron chi connectivity index (χ0n) is 21.8. The summed E-state index contributed by atoms with van der Waals surface area (Å²) in [5.41, 5.74) is 3.82. The average molecular weight is 524 g/mol. The predicted molar refractivity (Wildman–Crippen MR) is 146 cm³/mol. The highest BCUT2D eigenvalue weighted by Gasteiger charge is 2.15. The van der Waals surface area contributed by atoms with E-state index in [1.165, 1.54) is 17.8 Å². The first kappa shape index (κ1) is 27.8. The van der Waals surface area contributed by atoms with Crippen LogP contribution in [0.5, 0.6) is 11.5 Å². The molecule has 3 aromatic rings. The normalized spacial score (nSPS) is 10.9. The Balaban J connectivity index is 1.56. The van der Waals surface area contributed by atoms with Crippen LogP contribution in [-0.2, 0) is 29.1 Å². The summed E-state index contributed by atoms with van der Waals surface area (Å²) in [6.45, 7) is 6.85. The molecular weight excluding hydrogens is 490 g/mol. The minimum absolute atomic E-state index is 0.102. The van der Waals surface area contributed by atoms with Crippen molar-refractivity contribution in [3.05, 3.63) is 65.0 Å². The van der Waals surface area contributed by atoms with E-state index in [2.05, 4.69) is 27.8 Å². The van der Waals surface area contributed by atoms with Crippen molar-refractivity contribution in [1.82, 2.24) is 20.1 Å². The minimum atomic E-state index is -0.265. The third-order valence-corrected chi connectivity index (χ3v) is 6.67. The molecule has 0 aliphatic rings. The molecule has 0 radical (unpaired) electrons. The Morgan fingerprint density at radius 2 is 1.86 bits per heavy atom. The van der Waals surface area contributed by atoms with Crippen LogP contribution >= 0.6 is 11.8 Å². The lowest BCUT2D eigenvalue weighted by Crippen LogP contribution is -2.22. The number of para-hydroxylation sites is 1. The zero-order valence-corrected chi connectivity index (χ0v) is 22.6. The first-order valence-electron chi connectivity index (χ1n) is 12.0. The Bertz CT molecular complexity index is 1270. The molecule has 0 spiro atoms. The van der Waals surface area contributed by atoms with Crippen molar-refractivity contribution >= 4 is 35.3 Å². The molecule has 37 heavy (non-hydrogen) atoms. The van der Waals surface area contributed by atoms with Crippen LogP contribution in [0.4, 0.5) is 5.69 Å². The number of thioether (sulfide) groups is 1. The van der Waals surface area contributed by atoms with E-state index < -0.39 is 0 Å². The second-order valence-corrected chi connectivity index (χ2v) is 9.05. The van der Waals surface area contributed by atoms with Gasteiger partial charge in [0.25, 0.3) is 0 Å². The van der Waals surface area contributed by atoms with Gasteiger partial charge in [-0.15, -0.1) is 10.2 Å². The summed E-state index contributed by atoms with van der Waals surface area (Å²) >= 11 is 1.32. The highest BCUT2D eigenvalue weighted by atomic mass is 32.2. The van der Waals surface area contributed by atoms with Crippen LogP contribution in [0, 0.1) is 6.92 Å². The van der Waals surface area contributed by atoms with Gasteiger partial charge in [0.2, 0.25) is 11.8 Å². The third kappa shape index (κ3) is 7.36. The van der Waals surface area contributed by atoms with E-state index >= 15 is 0 Å². The number of carbonyl (C=O) groups is 2. The second kappa shape index (κ2) is 13.5. The second-order valence-electron chi connectivity index (χ2n) is 8.11. The molecule has 1 heterocycles. The number of aryl methyl sites for hydroxylation is 2. The highest BCUT2D eigenvalue weighted by Crippen LogP contribution is 2.28. The Kier molecular flexibility index (Phi) is 10.1. The molecule has 0 bridgehead atoms. The van der Waals surface area contributed by atoms with Gasteiger partial charge in [0.1, 0.15) is 0 Å². The van der Waals surface area contributed by atoms with Crippen molar-refractivity contribution in [2.24, 2.45) is 0 Å². The molecule has 9 nitrogen and oxygen atoms in total. The number of amides is 2. The fraction of sp³-hybridized carbons (Fsp3) is 0.333. The number of methoxy groups -OCH3 is 2. The van der Waals surface area contributed by atoms with E-state index in [-0.39, 0.29) is 24.1 Å². The monoisotopic (exact) mass is 523 g/mol. The lowest BCUT2D eigenvalue weighted by molar-refractivity contribution is -0.116. The lowest BCUT2D eigenvalue weighted by Gasteiger charge is -2.13. The molecule has 2 N–H and O–H groups in total. The van der Waals surface area contributed by atoms with Gasteiger partial charge in [-0.25, -0.2) is 0 Å². The molecule has 0 aliphatic heterocycles. The Morgan fingerprint density at radius 3 is 2.57 bits per heavy atom. The van der Waals surface area contributed by atoms with Gasteiger partial charge >= 0.3 is 0 Å². The van der Waals surface area contributed by atoms with E-state index in [1.807, 2.05) is 42.7 Å². The number of rotatable bonds is 12. The van der Waals surface area contributed by atoms with Crippen LogP contribution in [0.25, 0.3) is 6.08 Å². The standard InChI is InChI=1S/C27H33N5O4S/c1-6-20-10-8-9-18(3)26(20)29-25(34)17-37-27-31-30-23(32(27)7-2)16-28-24(33)14-12-19-11-13-21(35-4)22(15-19)36-5/h8-15H,6-7,16-17H2,1-5H3,(H,28,33)(H,29,34). The number of anilines is 1. The maximum Gasteiger partial charge on any atom is 0.244 e. The van der Waals surface area contributed by atoms with E-state index in [0.717, 1.165) is 28.8 Å². The summed E-state index contributed by atoms with van der Waals surface area (Å²) in [4.78, 5) is 25.0. The molecule has 0 saturated carbocycles. The summed E-state index contributed by atoms with van der Waals surface area (Å²) in [6.07, 6.45) is 3.98. The van der Waals surface area contributed by atoms with Gasteiger partial charge in [0, 0.05) is 18.3 Å². The van der Waals surface area contributed by atoms with E-state index in [4.69, 9.17) is 9.47 Å². The lowest BCUT2D eigenvalue weighted by atomic mass is 10.1. The molecule has 0 atom stereocenters. The van der Waals surface area contributed by atoms with Crippen molar-refractivity contribution < 1.29 is 19.1 Å². The molecule has 0 saturated heterocycles. The highest BCUT2D eigenvalue weighted by molar-refractivity contribution is 7.99. The number of nitrogens with zero attached hydrogens (tertiary/aromatic N) is 3. The topological polar surface area (TPSA) is 107 Å². The van der Waals surface area contributed by atoms with Crippen LogP contribution in [-0.4, -0.2) is 46.6 Å². The molecule has 2 aromatic carbocycles. The fourth-order valence-corrected chi connectivity index (χ4v) is 4.56. The molecule has 196 valence electrons. The average Bonchev–Trinajstić information content (AvgIpc) is 3.32. The van der Waals surface area contributed by atoms with Crippen molar-refractivity contribution in [1.29, 1.82) is 0 Å². The summed E-state index contributed by atoms with van der Waals surface area (Å²) < 4.78 is 12.4. The molecule has 0 fully saturated rings. The molecule has 10 heteroatoms. The maximum absolute atomic E-state index is 12.6. The van der Waals surface area contributed by atoms with Gasteiger partial charge < -0.3 is 24.7 Å². The van der Waals surface area contributed by atoms with Gasteiger partial charge in [-0.2, -0.15) is 0 Å². The Morgan fingerprint density at radius 1 is 1.08 bits per heavy atom. The van der Waals surface area contributed by atoms with Crippen LogP contribution in [0.1, 0.15) is 36.4 Å². The van der Waals surface area contributed by atoms with Crippen LogP contribution in [0.2, 0.25) is 0 Å². The number of carbonyl (C=O) groups excluding carboxylic acids is 2. The number of ether oxygens (including phenoxy) is 2. The Labute approximate surface area is 221 Å². The maximum atomic E-state index is 12.6. The number of aromatic nitrogens is 3. The van der Waals surface area contributed by atoms with E-state index in [0.29, 0.717) is 29.0 Å². The molecule has 0 aliphatic carbocycles. The predicted octanol–water partition coefficient (Wildman–Crippen LogP) is 4.25. The van der Waals surface area contributed by atoms with Crippen molar-refractivity contribution in [3.8, 4) is 11.5 Å². The first-order valence-corrected chi connectivity index (χ1v) is 13.0. The smallest absolute Gasteiger partial charge is 0.244 e. The van der Waals surface area contributed by atoms with Crippen LogP contribution < -0.4 is 20.1 Å².